The zero-order valence-electron chi connectivity index (χ0n) is 13.5. The Morgan fingerprint density at radius 1 is 1.12 bits per heavy atom. The summed E-state index contributed by atoms with van der Waals surface area (Å²) in [5.41, 5.74) is -0.952. The molecule has 2 aromatic carbocycles. The van der Waals surface area contributed by atoms with E-state index in [1.807, 2.05) is 0 Å². The Kier molecular flexibility index (Phi) is 5.31. The third-order valence-electron chi connectivity index (χ3n) is 3.82. The van der Waals surface area contributed by atoms with Gasteiger partial charge in [0.2, 0.25) is 0 Å². The highest BCUT2D eigenvalue weighted by molar-refractivity contribution is 8.13. The summed E-state index contributed by atoms with van der Waals surface area (Å²) in [4.78, 5) is 18.1. The fourth-order valence-electron chi connectivity index (χ4n) is 2.56. The van der Waals surface area contributed by atoms with Crippen LogP contribution >= 0.6 is 11.8 Å². The second kappa shape index (κ2) is 7.49. The lowest BCUT2D eigenvalue weighted by molar-refractivity contribution is -0.138. The number of amidine groups is 1. The molecule has 0 unspecified atom stereocenters. The fraction of sp³-hybridized carbons (Fsp3) is 0.222. The van der Waals surface area contributed by atoms with E-state index in [2.05, 4.69) is 4.99 Å². The van der Waals surface area contributed by atoms with Crippen LogP contribution in [0.2, 0.25) is 0 Å². The number of amides is 1. The lowest BCUT2D eigenvalue weighted by atomic mass is 10.1. The van der Waals surface area contributed by atoms with Crippen LogP contribution in [0, 0.1) is 5.82 Å². The molecule has 1 aliphatic rings. The largest absolute Gasteiger partial charge is 0.417 e. The number of alkyl halides is 3. The van der Waals surface area contributed by atoms with Gasteiger partial charge in [0.15, 0.2) is 5.17 Å². The van der Waals surface area contributed by atoms with Crippen LogP contribution in [-0.4, -0.2) is 29.1 Å². The molecule has 1 heterocycles. The van der Waals surface area contributed by atoms with E-state index in [-0.39, 0.29) is 18.1 Å². The molecule has 8 heteroatoms. The number of nitrogens with zero attached hydrogens (tertiary/aromatic N) is 2. The van der Waals surface area contributed by atoms with E-state index >= 15 is 0 Å². The molecule has 0 atom stereocenters. The summed E-state index contributed by atoms with van der Waals surface area (Å²) in [6.07, 6.45) is -4.62. The standard InChI is InChI=1S/C18H14F4N2OS/c19-15-8-4-1-5-12(15)11-26-17-23-9-10-24(17)16(25)13-6-2-3-7-14(13)18(20,21)22/h1-8H,9-11H2. The number of thioether (sulfide) groups is 1. The Bertz CT molecular complexity index is 851. The lowest BCUT2D eigenvalue weighted by Gasteiger charge is -2.20. The molecule has 0 fully saturated rings. The summed E-state index contributed by atoms with van der Waals surface area (Å²) in [6.45, 7) is 0.504. The van der Waals surface area contributed by atoms with Gasteiger partial charge in [-0.3, -0.25) is 14.7 Å². The van der Waals surface area contributed by atoms with Gasteiger partial charge in [-0.15, -0.1) is 0 Å². The van der Waals surface area contributed by atoms with Gasteiger partial charge in [-0.2, -0.15) is 13.2 Å². The summed E-state index contributed by atoms with van der Waals surface area (Å²) in [5.74, 6) is -0.898. The van der Waals surface area contributed by atoms with Gasteiger partial charge in [-0.1, -0.05) is 42.1 Å². The van der Waals surface area contributed by atoms with E-state index in [0.29, 0.717) is 17.3 Å². The Balaban J connectivity index is 1.78. The van der Waals surface area contributed by atoms with Gasteiger partial charge in [0.1, 0.15) is 5.82 Å². The van der Waals surface area contributed by atoms with Crippen LogP contribution in [0.1, 0.15) is 21.5 Å². The smallest absolute Gasteiger partial charge is 0.286 e. The second-order valence-corrected chi connectivity index (χ2v) is 6.49. The van der Waals surface area contributed by atoms with E-state index in [4.69, 9.17) is 0 Å². The van der Waals surface area contributed by atoms with E-state index in [9.17, 15) is 22.4 Å². The Morgan fingerprint density at radius 3 is 2.54 bits per heavy atom. The quantitative estimate of drug-likeness (QED) is 0.728. The topological polar surface area (TPSA) is 32.7 Å². The molecule has 0 saturated carbocycles. The number of carbonyl (C=O) groups is 1. The van der Waals surface area contributed by atoms with Gasteiger partial charge < -0.3 is 0 Å². The summed E-state index contributed by atoms with van der Waals surface area (Å²) < 4.78 is 53.2. The molecular formula is C18H14F4N2OS. The molecule has 0 saturated heterocycles. The Labute approximate surface area is 151 Å². The first-order valence-corrected chi connectivity index (χ1v) is 8.75. The van der Waals surface area contributed by atoms with Crippen molar-refractivity contribution in [3.8, 4) is 0 Å². The third kappa shape index (κ3) is 3.90. The molecule has 3 nitrogen and oxygen atoms in total. The molecule has 1 amide bonds. The molecule has 0 radical (unpaired) electrons. The Morgan fingerprint density at radius 2 is 1.81 bits per heavy atom. The van der Waals surface area contributed by atoms with Crippen molar-refractivity contribution in [1.29, 1.82) is 0 Å². The fourth-order valence-corrected chi connectivity index (χ4v) is 3.59. The zero-order valence-corrected chi connectivity index (χ0v) is 14.3. The van der Waals surface area contributed by atoms with Crippen LogP contribution in [-0.2, 0) is 11.9 Å². The van der Waals surface area contributed by atoms with Crippen molar-refractivity contribution in [3.05, 3.63) is 71.0 Å². The van der Waals surface area contributed by atoms with Crippen molar-refractivity contribution < 1.29 is 22.4 Å². The van der Waals surface area contributed by atoms with Crippen LogP contribution in [0.15, 0.2) is 53.5 Å². The van der Waals surface area contributed by atoms with Crippen molar-refractivity contribution in [2.24, 2.45) is 4.99 Å². The van der Waals surface area contributed by atoms with Crippen LogP contribution in [0.4, 0.5) is 17.6 Å². The number of benzene rings is 2. The van der Waals surface area contributed by atoms with Gasteiger partial charge in [0.25, 0.3) is 5.91 Å². The van der Waals surface area contributed by atoms with Gasteiger partial charge >= 0.3 is 6.18 Å². The molecule has 2 aromatic rings. The molecule has 136 valence electrons. The Hall–Kier alpha value is -2.35. The van der Waals surface area contributed by atoms with E-state index in [0.717, 1.165) is 23.9 Å². The summed E-state index contributed by atoms with van der Waals surface area (Å²) in [7, 11) is 0. The number of hydrogen-bond acceptors (Lipinski definition) is 3. The number of rotatable bonds is 3. The molecule has 3 rings (SSSR count). The van der Waals surface area contributed by atoms with E-state index in [1.54, 1.807) is 18.2 Å². The molecule has 0 spiro atoms. The van der Waals surface area contributed by atoms with Crippen molar-refractivity contribution >= 4 is 22.8 Å². The minimum atomic E-state index is -4.62. The van der Waals surface area contributed by atoms with Crippen LogP contribution < -0.4 is 0 Å². The first-order chi connectivity index (χ1) is 12.4. The van der Waals surface area contributed by atoms with Crippen molar-refractivity contribution in [2.45, 2.75) is 11.9 Å². The normalized spacial score (nSPS) is 14.5. The number of aliphatic imine (C=N–C) groups is 1. The average molecular weight is 382 g/mol. The summed E-state index contributed by atoms with van der Waals surface area (Å²) in [6, 6.07) is 10.9. The molecule has 1 aliphatic heterocycles. The van der Waals surface area contributed by atoms with Crippen LogP contribution in [0.25, 0.3) is 0 Å². The van der Waals surface area contributed by atoms with Crippen molar-refractivity contribution in [3.63, 3.8) is 0 Å². The highest BCUT2D eigenvalue weighted by Crippen LogP contribution is 2.33. The predicted molar refractivity (Wildman–Crippen MR) is 92.5 cm³/mol. The van der Waals surface area contributed by atoms with Crippen molar-refractivity contribution in [2.75, 3.05) is 13.1 Å². The molecular weight excluding hydrogens is 368 g/mol. The number of hydrogen-bond donors (Lipinski definition) is 0. The average Bonchev–Trinajstić information content (AvgIpc) is 3.08. The highest BCUT2D eigenvalue weighted by atomic mass is 32.2. The monoisotopic (exact) mass is 382 g/mol. The molecule has 0 bridgehead atoms. The minimum absolute atomic E-state index is 0.199. The molecule has 0 N–H and O–H groups in total. The first kappa shape index (κ1) is 18.4. The van der Waals surface area contributed by atoms with Gasteiger partial charge in [0.05, 0.1) is 17.7 Å². The lowest BCUT2D eigenvalue weighted by Crippen LogP contribution is -2.34. The van der Waals surface area contributed by atoms with Gasteiger partial charge in [0, 0.05) is 12.3 Å². The molecule has 26 heavy (non-hydrogen) atoms. The minimum Gasteiger partial charge on any atom is -0.286 e. The summed E-state index contributed by atoms with van der Waals surface area (Å²) in [5, 5.41) is 0.301. The number of halogens is 4. The summed E-state index contributed by atoms with van der Waals surface area (Å²) >= 11 is 1.13. The van der Waals surface area contributed by atoms with Crippen molar-refractivity contribution in [1.82, 2.24) is 4.90 Å². The predicted octanol–water partition coefficient (Wildman–Crippen LogP) is 4.59. The maximum Gasteiger partial charge on any atom is 0.417 e. The second-order valence-electron chi connectivity index (χ2n) is 5.54. The zero-order chi connectivity index (χ0) is 18.7. The third-order valence-corrected chi connectivity index (χ3v) is 4.89. The highest BCUT2D eigenvalue weighted by Gasteiger charge is 2.37. The van der Waals surface area contributed by atoms with E-state index < -0.39 is 23.2 Å². The number of carbonyl (C=O) groups excluding carboxylic acids is 1. The maximum absolute atomic E-state index is 13.7. The van der Waals surface area contributed by atoms with Crippen LogP contribution in [0.5, 0.6) is 0 Å². The van der Waals surface area contributed by atoms with Gasteiger partial charge in [-0.05, 0) is 23.8 Å². The van der Waals surface area contributed by atoms with E-state index in [1.165, 1.54) is 23.1 Å². The van der Waals surface area contributed by atoms with Gasteiger partial charge in [-0.25, -0.2) is 4.39 Å². The first-order valence-electron chi connectivity index (χ1n) is 7.76. The van der Waals surface area contributed by atoms with Crippen LogP contribution in [0.3, 0.4) is 0 Å². The molecule has 0 aliphatic carbocycles. The molecule has 0 aromatic heterocycles. The SMILES string of the molecule is O=C(c1ccccc1C(F)(F)F)N1CCN=C1SCc1ccccc1F. The maximum atomic E-state index is 13.7.